The van der Waals surface area contributed by atoms with Gasteiger partial charge in [-0.1, -0.05) is 95.2 Å². The van der Waals surface area contributed by atoms with Gasteiger partial charge in [0.05, 0.1) is 6.10 Å². The van der Waals surface area contributed by atoms with E-state index in [0.717, 1.165) is 87.6 Å². The van der Waals surface area contributed by atoms with Gasteiger partial charge >= 0.3 is 0 Å². The number of carbonyl (C=O) groups is 1. The van der Waals surface area contributed by atoms with Gasteiger partial charge in [-0.2, -0.15) is 0 Å². The molecule has 1 amide bonds. The number of unbranched alkanes of at least 4 members (excludes halogenated alkanes) is 7. The van der Waals surface area contributed by atoms with Crippen LogP contribution in [0.1, 0.15) is 127 Å². The highest BCUT2D eigenvalue weighted by molar-refractivity contribution is 5.98. The number of halogens is 1. The highest BCUT2D eigenvalue weighted by Gasteiger charge is 2.59. The first kappa shape index (κ1) is 34.9. The number of carbonyl (C=O) groups excluding carboxylic acids is 1. The van der Waals surface area contributed by atoms with Gasteiger partial charge in [-0.05, 0) is 120 Å². The molecule has 0 bridgehead atoms. The Labute approximate surface area is 288 Å². The van der Waals surface area contributed by atoms with Crippen LogP contribution in [0.4, 0.5) is 10.1 Å². The van der Waals surface area contributed by atoms with Gasteiger partial charge in [0.1, 0.15) is 11.9 Å². The van der Waals surface area contributed by atoms with E-state index in [2.05, 4.69) is 50.2 Å². The third-order valence-corrected chi connectivity index (χ3v) is 12.7. The van der Waals surface area contributed by atoms with E-state index in [0.29, 0.717) is 18.3 Å². The van der Waals surface area contributed by atoms with Crippen LogP contribution in [-0.2, 0) is 17.6 Å². The number of nitrogens with zero attached hydrogens (tertiary/aromatic N) is 1. The number of benzene rings is 3. The van der Waals surface area contributed by atoms with Crippen LogP contribution in [0.3, 0.4) is 0 Å². The molecule has 5 heteroatoms. The molecule has 260 valence electrons. The first-order valence-electron chi connectivity index (χ1n) is 19.2. The van der Waals surface area contributed by atoms with Gasteiger partial charge in [0.25, 0.3) is 0 Å². The van der Waals surface area contributed by atoms with Crippen molar-refractivity contribution in [3.05, 3.63) is 71.3 Å². The first-order valence-corrected chi connectivity index (χ1v) is 19.2. The fourth-order valence-electron chi connectivity index (χ4n) is 10.3. The highest BCUT2D eigenvalue weighted by Crippen LogP contribution is 2.63. The summed E-state index contributed by atoms with van der Waals surface area (Å²) in [5, 5.41) is 23.8. The first-order chi connectivity index (χ1) is 23.2. The Bertz CT molecular complexity index is 1550. The normalized spacial score (nSPS) is 27.8. The summed E-state index contributed by atoms with van der Waals surface area (Å²) in [6.07, 6.45) is 14.0. The molecule has 2 saturated carbocycles. The molecule has 3 aromatic rings. The summed E-state index contributed by atoms with van der Waals surface area (Å²) >= 11 is 0. The summed E-state index contributed by atoms with van der Waals surface area (Å²) < 4.78 is 16.2. The number of rotatable bonds is 14. The van der Waals surface area contributed by atoms with Gasteiger partial charge in [0, 0.05) is 25.1 Å². The van der Waals surface area contributed by atoms with E-state index in [4.69, 9.17) is 0 Å². The predicted molar refractivity (Wildman–Crippen MR) is 195 cm³/mol. The molecule has 0 spiro atoms. The number of hydrogen-bond acceptors (Lipinski definition) is 3. The Kier molecular flexibility index (Phi) is 11.1. The van der Waals surface area contributed by atoms with Gasteiger partial charge < -0.3 is 15.1 Å². The third kappa shape index (κ3) is 7.04. The van der Waals surface area contributed by atoms with Crippen molar-refractivity contribution in [3.63, 3.8) is 0 Å². The minimum Gasteiger partial charge on any atom is -0.508 e. The predicted octanol–water partition coefficient (Wildman–Crippen LogP) is 10.5. The Morgan fingerprint density at radius 3 is 2.54 bits per heavy atom. The van der Waals surface area contributed by atoms with E-state index < -0.39 is 12.3 Å². The number of alkyl halides is 1. The molecule has 3 aliphatic carbocycles. The zero-order chi connectivity index (χ0) is 33.8. The van der Waals surface area contributed by atoms with E-state index in [1.54, 1.807) is 13.0 Å². The molecule has 0 unspecified atom stereocenters. The van der Waals surface area contributed by atoms with Crippen molar-refractivity contribution >= 4 is 22.4 Å². The van der Waals surface area contributed by atoms with Crippen LogP contribution in [0, 0.1) is 23.2 Å². The second kappa shape index (κ2) is 15.3. The molecular formula is C43H58FNO3. The monoisotopic (exact) mass is 655 g/mol. The molecule has 2 fully saturated rings. The number of hydrogen-bond donors (Lipinski definition) is 2. The smallest absolute Gasteiger partial charge is 0.223 e. The molecule has 3 aromatic carbocycles. The number of amides is 1. The van der Waals surface area contributed by atoms with Crippen molar-refractivity contribution in [3.8, 4) is 5.75 Å². The minimum absolute atomic E-state index is 0.112. The highest BCUT2D eigenvalue weighted by atomic mass is 19.1. The molecule has 0 heterocycles. The van der Waals surface area contributed by atoms with Crippen molar-refractivity contribution in [2.45, 2.75) is 135 Å². The Hall–Kier alpha value is -2.92. The lowest BCUT2D eigenvalue weighted by Gasteiger charge is -2.54. The maximum absolute atomic E-state index is 16.2. The van der Waals surface area contributed by atoms with E-state index in [9.17, 15) is 15.0 Å². The van der Waals surface area contributed by atoms with Gasteiger partial charge in [-0.3, -0.25) is 4.79 Å². The second-order valence-corrected chi connectivity index (χ2v) is 15.7. The third-order valence-electron chi connectivity index (χ3n) is 12.7. The van der Waals surface area contributed by atoms with Crippen LogP contribution < -0.4 is 4.90 Å². The molecule has 6 rings (SSSR count). The molecule has 48 heavy (non-hydrogen) atoms. The Morgan fingerprint density at radius 2 is 1.73 bits per heavy atom. The van der Waals surface area contributed by atoms with Gasteiger partial charge in [0.2, 0.25) is 5.91 Å². The number of aliphatic hydroxyl groups excluding tert-OH is 1. The summed E-state index contributed by atoms with van der Waals surface area (Å²) in [7, 11) is 0. The number of phenolic OH excluding ortho intramolecular Hbond substituents is 1. The molecule has 3 aliphatic rings. The van der Waals surface area contributed by atoms with Crippen molar-refractivity contribution in [2.24, 2.45) is 23.2 Å². The standard InChI is InChI=1S/C43H58FNO3/c1-4-5-6-7-8-14-25-45(29(2)46)39-23-19-30-15-12-13-17-34(30)36(39)18-11-9-10-16-31-26-32-27-33(47)20-21-35(32)42-38(44)28-43(3)37(41(31)42)22-24-40(43)48/h12-13,15,17,19-21,23,27,31,37-38,40-42,47-48H,4-11,14,16,18,22,24-26,28H2,1-3H3/t31-,37+,38+,40+,41+,42+,43+/m1/s1. The fraction of sp³-hybridized carbons (Fsp3) is 0.605. The van der Waals surface area contributed by atoms with Crippen LogP contribution in [0.15, 0.2) is 54.6 Å². The minimum atomic E-state index is -0.972. The van der Waals surface area contributed by atoms with E-state index in [1.165, 1.54) is 42.0 Å². The summed E-state index contributed by atoms with van der Waals surface area (Å²) in [6.45, 7) is 6.84. The molecule has 0 aliphatic heterocycles. The summed E-state index contributed by atoms with van der Waals surface area (Å²) in [5.74, 6) is 1.13. The van der Waals surface area contributed by atoms with Crippen LogP contribution in [0.2, 0.25) is 0 Å². The Morgan fingerprint density at radius 1 is 0.958 bits per heavy atom. The maximum Gasteiger partial charge on any atom is 0.223 e. The summed E-state index contributed by atoms with van der Waals surface area (Å²) in [4.78, 5) is 15.0. The molecule has 2 N–H and O–H groups in total. The molecular weight excluding hydrogens is 597 g/mol. The SMILES string of the molecule is CCCCCCCCN(C(C)=O)c1ccc2ccccc2c1CCCCC[C@@H]1Cc2cc(O)ccc2[C@@H]2[C@@H]1[C@@H]1CC[C@H](O)[C@@]1(C)C[C@@H]2F. The topological polar surface area (TPSA) is 60.8 Å². The second-order valence-electron chi connectivity index (χ2n) is 15.7. The Balaban J connectivity index is 1.15. The van der Waals surface area contributed by atoms with E-state index in [1.807, 2.05) is 17.0 Å². The van der Waals surface area contributed by atoms with Gasteiger partial charge in [-0.25, -0.2) is 4.39 Å². The molecule has 4 nitrogen and oxygen atoms in total. The number of fused-ring (bicyclic) bond motifs is 6. The van der Waals surface area contributed by atoms with Crippen molar-refractivity contribution in [1.29, 1.82) is 0 Å². The maximum atomic E-state index is 16.2. The van der Waals surface area contributed by atoms with Gasteiger partial charge in [0.15, 0.2) is 0 Å². The largest absolute Gasteiger partial charge is 0.508 e. The van der Waals surface area contributed by atoms with Crippen LogP contribution in [0.25, 0.3) is 10.8 Å². The number of aryl methyl sites for hydroxylation is 1. The number of aliphatic hydroxyl groups is 1. The average molecular weight is 656 g/mol. The van der Waals surface area contributed by atoms with Gasteiger partial charge in [-0.15, -0.1) is 0 Å². The molecule has 0 saturated heterocycles. The van der Waals surface area contributed by atoms with E-state index >= 15 is 4.39 Å². The average Bonchev–Trinajstić information content (AvgIpc) is 3.36. The molecule has 7 atom stereocenters. The zero-order valence-corrected chi connectivity index (χ0v) is 29.6. The lowest BCUT2D eigenvalue weighted by molar-refractivity contribution is -0.116. The van der Waals surface area contributed by atoms with Crippen molar-refractivity contribution < 1.29 is 19.4 Å². The summed E-state index contributed by atoms with van der Waals surface area (Å²) in [5.41, 5.74) is 4.19. The van der Waals surface area contributed by atoms with Crippen LogP contribution in [0.5, 0.6) is 5.75 Å². The lowest BCUT2D eigenvalue weighted by Crippen LogP contribution is -2.51. The number of phenols is 1. The fourth-order valence-corrected chi connectivity index (χ4v) is 10.3. The number of aromatic hydroxyl groups is 1. The van der Waals surface area contributed by atoms with Crippen LogP contribution >= 0.6 is 0 Å². The number of anilines is 1. The van der Waals surface area contributed by atoms with Crippen molar-refractivity contribution in [1.82, 2.24) is 0 Å². The lowest BCUT2D eigenvalue weighted by atomic mass is 9.51. The van der Waals surface area contributed by atoms with E-state index in [-0.39, 0.29) is 28.9 Å². The van der Waals surface area contributed by atoms with Crippen LogP contribution in [-0.4, -0.2) is 34.9 Å². The zero-order valence-electron chi connectivity index (χ0n) is 29.6. The van der Waals surface area contributed by atoms with Crippen molar-refractivity contribution in [2.75, 3.05) is 11.4 Å². The molecule has 0 aromatic heterocycles. The molecule has 0 radical (unpaired) electrons. The summed E-state index contributed by atoms with van der Waals surface area (Å²) in [6, 6.07) is 18.5. The quantitative estimate of drug-likeness (QED) is 0.170.